The quantitative estimate of drug-likeness (QED) is 0.211. The van der Waals surface area contributed by atoms with E-state index in [1.165, 1.54) is 0 Å². The molecule has 2 rings (SSSR count). The van der Waals surface area contributed by atoms with Crippen LogP contribution in [0, 0.1) is 0 Å². The molecule has 1 unspecified atom stereocenters. The van der Waals surface area contributed by atoms with Crippen LogP contribution in [-0.4, -0.2) is 23.9 Å². The van der Waals surface area contributed by atoms with Crippen LogP contribution >= 0.6 is 47.0 Å². The second-order valence-corrected chi connectivity index (χ2v) is 8.49. The predicted octanol–water partition coefficient (Wildman–Crippen LogP) is 9.15. The topological polar surface area (TPSA) is 12.0 Å². The fourth-order valence-corrected chi connectivity index (χ4v) is 3.64. The van der Waals surface area contributed by atoms with Crippen LogP contribution in [0.5, 0.6) is 0 Å². The lowest BCUT2D eigenvalue weighted by Crippen LogP contribution is -2.34. The first-order chi connectivity index (χ1) is 15.8. The predicted molar refractivity (Wildman–Crippen MR) is 117 cm³/mol. The maximum Gasteiger partial charge on any atom is 0.417 e. The molecule has 2 aromatic carbocycles. The minimum atomic E-state index is -5.23. The van der Waals surface area contributed by atoms with Crippen molar-refractivity contribution in [2.45, 2.75) is 24.4 Å². The van der Waals surface area contributed by atoms with Crippen molar-refractivity contribution < 1.29 is 43.9 Å². The lowest BCUT2D eigenvalue weighted by atomic mass is 9.95. The maximum absolute atomic E-state index is 14.8. The lowest BCUT2D eigenvalue weighted by Gasteiger charge is -2.19. The van der Waals surface area contributed by atoms with Gasteiger partial charge >= 0.3 is 18.5 Å². The Kier molecular flexibility index (Phi) is 9.01. The Hall–Kier alpha value is -1.76. The minimum Gasteiger partial charge on any atom is -0.367 e. The normalized spacial score (nSPS) is 14.1. The van der Waals surface area contributed by atoms with E-state index in [-0.39, 0.29) is 27.2 Å². The summed E-state index contributed by atoms with van der Waals surface area (Å²) in [7, 11) is 0. The Balaban J connectivity index is 2.55. The van der Waals surface area contributed by atoms with Crippen LogP contribution in [-0.2, 0) is 6.18 Å². The smallest absolute Gasteiger partial charge is 0.367 e. The molecule has 0 amide bonds. The van der Waals surface area contributed by atoms with Crippen molar-refractivity contribution in [3.05, 3.63) is 73.7 Å². The van der Waals surface area contributed by atoms with Gasteiger partial charge in [-0.3, -0.25) is 0 Å². The average molecular weight is 593 g/mol. The monoisotopic (exact) mass is 591 g/mol. The van der Waals surface area contributed by atoms with E-state index >= 15 is 0 Å². The van der Waals surface area contributed by atoms with Crippen molar-refractivity contribution in [2.75, 3.05) is 6.54 Å². The summed E-state index contributed by atoms with van der Waals surface area (Å²) in [5, 5.41) is 0.593. The van der Waals surface area contributed by atoms with E-state index in [1.807, 2.05) is 0 Å². The highest BCUT2D eigenvalue weighted by atomic mass is 35.5. The highest BCUT2D eigenvalue weighted by Crippen LogP contribution is 2.42. The summed E-state index contributed by atoms with van der Waals surface area (Å²) in [5.74, 6) is -4.39. The molecule has 15 heteroatoms. The van der Waals surface area contributed by atoms with Gasteiger partial charge in [0.1, 0.15) is 23.3 Å². The van der Waals surface area contributed by atoms with Gasteiger partial charge in [-0.25, -0.2) is 4.39 Å². The Bertz CT molecular complexity index is 1120. The molecular formula is C20H10Cl3F10NS. The molecule has 0 saturated carbocycles. The third kappa shape index (κ3) is 7.86. The summed E-state index contributed by atoms with van der Waals surface area (Å²) >= 11 is 21.7. The van der Waals surface area contributed by atoms with Gasteiger partial charge in [-0.05, 0) is 29.8 Å². The Morgan fingerprint density at radius 1 is 0.914 bits per heavy atom. The molecule has 1 atom stereocenters. The summed E-state index contributed by atoms with van der Waals surface area (Å²) in [6, 6.07) is 2.88. The molecule has 0 heterocycles. The number of nitrogens with one attached hydrogen (secondary N) is 1. The first kappa shape index (κ1) is 29.5. The molecule has 1 nitrogen and oxygen atoms in total. The molecule has 1 N–H and O–H groups in total. The summed E-state index contributed by atoms with van der Waals surface area (Å²) in [6.07, 6.45) is -15.1. The Morgan fingerprint density at radius 3 is 1.91 bits per heavy atom. The van der Waals surface area contributed by atoms with Crippen LogP contribution in [0.2, 0.25) is 15.1 Å². The molecule has 35 heavy (non-hydrogen) atoms. The van der Waals surface area contributed by atoms with Crippen LogP contribution in [0.15, 0.2) is 36.4 Å². The van der Waals surface area contributed by atoms with Crippen LogP contribution in [0.3, 0.4) is 0 Å². The molecule has 0 bridgehead atoms. The van der Waals surface area contributed by atoms with Crippen LogP contribution in [0.4, 0.5) is 43.9 Å². The highest BCUT2D eigenvalue weighted by Gasteiger charge is 2.41. The number of alkyl halides is 9. The maximum atomic E-state index is 14.8. The van der Waals surface area contributed by atoms with Gasteiger partial charge in [-0.2, -0.15) is 39.5 Å². The van der Waals surface area contributed by atoms with Gasteiger partial charge in [0, 0.05) is 11.1 Å². The van der Waals surface area contributed by atoms with Crippen molar-refractivity contribution >= 4 is 57.8 Å². The van der Waals surface area contributed by atoms with E-state index in [0.717, 1.165) is 12.1 Å². The first-order valence-corrected chi connectivity index (χ1v) is 10.5. The summed E-state index contributed by atoms with van der Waals surface area (Å²) in [5.41, 5.74) is -4.14. The second-order valence-electron chi connectivity index (χ2n) is 6.89. The Labute approximate surface area is 211 Å². The first-order valence-electron chi connectivity index (χ1n) is 8.96. The van der Waals surface area contributed by atoms with Gasteiger partial charge in [0.25, 0.3) is 0 Å². The molecule has 0 aliphatic heterocycles. The van der Waals surface area contributed by atoms with Gasteiger partial charge < -0.3 is 5.32 Å². The molecule has 0 spiro atoms. The molecule has 0 aromatic heterocycles. The van der Waals surface area contributed by atoms with Gasteiger partial charge in [-0.15, -0.1) is 0 Å². The van der Waals surface area contributed by atoms with E-state index in [2.05, 4.69) is 12.2 Å². The van der Waals surface area contributed by atoms with Gasteiger partial charge in [0.15, 0.2) is 0 Å². The van der Waals surface area contributed by atoms with E-state index in [9.17, 15) is 43.9 Å². The van der Waals surface area contributed by atoms with E-state index in [0.29, 0.717) is 12.1 Å². The Morgan fingerprint density at radius 2 is 1.46 bits per heavy atom. The standard InChI is InChI=1S/C20H10Cl3F10NS/c21-13-4-9(5-14(22)16(13)23)11(19(28,29)30)6-15(24)8-1-2-10(12(3-8)20(31,32)33)17(35)34-7-18(25,26)27/h1-6,11H,7H2,(H,34,35)/b15-6-. The molecule has 0 saturated heterocycles. The SMILES string of the molecule is F/C(=C\C(c1cc(Cl)c(Cl)c(Cl)c1)C(F)(F)F)c1ccc(C(=S)NCC(F)(F)F)c(C(F)(F)F)c1. The number of hydrogen-bond donors (Lipinski definition) is 1. The molecular weight excluding hydrogens is 583 g/mol. The molecule has 0 radical (unpaired) electrons. The van der Waals surface area contributed by atoms with E-state index < -0.39 is 64.1 Å². The van der Waals surface area contributed by atoms with Crippen molar-refractivity contribution in [2.24, 2.45) is 0 Å². The number of allylic oxidation sites excluding steroid dienone is 1. The zero-order chi connectivity index (χ0) is 26.9. The summed E-state index contributed by atoms with van der Waals surface area (Å²) < 4.78 is 133. The number of rotatable bonds is 5. The zero-order valence-corrected chi connectivity index (χ0v) is 19.7. The molecule has 0 fully saturated rings. The van der Waals surface area contributed by atoms with E-state index in [4.69, 9.17) is 34.8 Å². The largest absolute Gasteiger partial charge is 0.417 e. The lowest BCUT2D eigenvalue weighted by molar-refractivity contribution is -0.140. The molecule has 2 aromatic rings. The van der Waals surface area contributed by atoms with Crippen molar-refractivity contribution in [3.63, 3.8) is 0 Å². The zero-order valence-electron chi connectivity index (χ0n) is 16.6. The molecule has 192 valence electrons. The van der Waals surface area contributed by atoms with Crippen molar-refractivity contribution in [1.29, 1.82) is 0 Å². The number of thiocarbonyl (C=S) groups is 1. The van der Waals surface area contributed by atoms with Crippen molar-refractivity contribution in [1.82, 2.24) is 5.32 Å². The summed E-state index contributed by atoms with van der Waals surface area (Å²) in [4.78, 5) is -0.941. The third-order valence-corrected chi connectivity index (χ3v) is 5.89. The van der Waals surface area contributed by atoms with Gasteiger partial charge in [-0.1, -0.05) is 59.2 Å². The fraction of sp³-hybridized carbons (Fsp3) is 0.250. The second kappa shape index (κ2) is 10.7. The average Bonchev–Trinajstić information content (AvgIpc) is 2.71. The number of hydrogen-bond acceptors (Lipinski definition) is 1. The third-order valence-electron chi connectivity index (χ3n) is 4.33. The van der Waals surface area contributed by atoms with E-state index in [1.54, 1.807) is 5.32 Å². The summed E-state index contributed by atoms with van der Waals surface area (Å²) in [6.45, 7) is -1.74. The van der Waals surface area contributed by atoms with Crippen molar-refractivity contribution in [3.8, 4) is 0 Å². The van der Waals surface area contributed by atoms with Crippen LogP contribution in [0.1, 0.15) is 28.2 Å². The number of halogens is 13. The minimum absolute atomic E-state index is 0.00524. The molecule has 0 aliphatic rings. The fourth-order valence-electron chi connectivity index (χ4n) is 2.78. The van der Waals surface area contributed by atoms with Crippen LogP contribution < -0.4 is 5.32 Å². The number of benzene rings is 2. The molecule has 0 aliphatic carbocycles. The van der Waals surface area contributed by atoms with Gasteiger partial charge in [0.05, 0.1) is 20.6 Å². The van der Waals surface area contributed by atoms with Gasteiger partial charge in [0.2, 0.25) is 0 Å². The highest BCUT2D eigenvalue weighted by molar-refractivity contribution is 7.80. The van der Waals surface area contributed by atoms with Crippen LogP contribution in [0.25, 0.3) is 5.83 Å².